The highest BCUT2D eigenvalue weighted by Gasteiger charge is 2.36. The molecular weight excluding hydrogens is 629 g/mol. The molecule has 0 amide bonds. The maximum absolute atomic E-state index is 9.51. The highest BCUT2D eigenvalue weighted by atomic mass is 16.3. The Morgan fingerprint density at radius 3 is 1.67 bits per heavy atom. The number of hydrogen-bond donors (Lipinski definition) is 0. The molecule has 0 spiro atoms. The standard InChI is InChI=1S/C51H34O/c1-51(2)45-29-33(31-12-4-3-5-13-31)21-24-37(45)38-25-22-35(30-46(38)51)49-41-18-10-8-16-39(41)48(40-17-9-11-19-42(40)49)34-23-27-47-44(28-34)43-26-20-32-14-6-7-15-36(32)50(43)52-47/h3-30H,1-2H3/i8D,9D,10D,11D,16D,17D,18D,19D. The van der Waals surface area contributed by atoms with Crippen LogP contribution in [0.2, 0.25) is 0 Å². The second-order valence-electron chi connectivity index (χ2n) is 14.2. The van der Waals surface area contributed by atoms with Crippen molar-refractivity contribution in [1.82, 2.24) is 0 Å². The molecule has 0 saturated carbocycles. The minimum atomic E-state index is -0.469. The fourth-order valence-electron chi connectivity index (χ4n) is 8.57. The summed E-state index contributed by atoms with van der Waals surface area (Å²) in [5, 5.41) is 4.36. The SMILES string of the molecule is [2H]c1c([2H])c([2H])c2c(-c3ccc4oc5c6ccccc6ccc5c4c3)c3c([2H])c([2H])c([2H])c([2H])c3c(-c3ccc4c(c3)C(C)(C)c3cc(-c5ccccc5)ccc3-4)c2c1[2H]. The van der Waals surface area contributed by atoms with Crippen molar-refractivity contribution in [2.24, 2.45) is 0 Å². The predicted molar refractivity (Wildman–Crippen MR) is 220 cm³/mol. The first kappa shape index (κ1) is 22.4. The molecular formula is C51H34O. The van der Waals surface area contributed by atoms with Gasteiger partial charge < -0.3 is 4.42 Å². The van der Waals surface area contributed by atoms with Gasteiger partial charge in [-0.25, -0.2) is 0 Å². The maximum atomic E-state index is 9.51. The summed E-state index contributed by atoms with van der Waals surface area (Å²) in [5.41, 5.74) is 9.17. The lowest BCUT2D eigenvalue weighted by Crippen LogP contribution is -2.15. The third-order valence-electron chi connectivity index (χ3n) is 11.1. The summed E-state index contributed by atoms with van der Waals surface area (Å²) in [6.07, 6.45) is 0. The zero-order valence-electron chi connectivity index (χ0n) is 36.5. The van der Waals surface area contributed by atoms with Crippen LogP contribution in [-0.2, 0) is 5.41 Å². The van der Waals surface area contributed by atoms with Gasteiger partial charge in [0.1, 0.15) is 11.2 Å². The van der Waals surface area contributed by atoms with Crippen molar-refractivity contribution in [3.63, 3.8) is 0 Å². The van der Waals surface area contributed by atoms with E-state index in [-0.39, 0.29) is 45.7 Å². The Morgan fingerprint density at radius 2 is 1.00 bits per heavy atom. The number of hydrogen-bond acceptors (Lipinski definition) is 1. The Labute approximate surface area is 313 Å². The highest BCUT2D eigenvalue weighted by molar-refractivity contribution is 6.23. The van der Waals surface area contributed by atoms with Gasteiger partial charge in [0.05, 0.1) is 11.0 Å². The summed E-state index contributed by atoms with van der Waals surface area (Å²) in [7, 11) is 0. The molecule has 0 unspecified atom stereocenters. The summed E-state index contributed by atoms with van der Waals surface area (Å²) in [6, 6.07) is 37.4. The van der Waals surface area contributed by atoms with E-state index in [2.05, 4.69) is 44.2 Å². The summed E-state index contributed by atoms with van der Waals surface area (Å²) >= 11 is 0. The van der Waals surface area contributed by atoms with Crippen LogP contribution >= 0.6 is 0 Å². The van der Waals surface area contributed by atoms with Gasteiger partial charge >= 0.3 is 0 Å². The Hall–Kier alpha value is -6.44. The van der Waals surface area contributed by atoms with Gasteiger partial charge in [0, 0.05) is 21.6 Å². The van der Waals surface area contributed by atoms with Crippen LogP contribution in [0.5, 0.6) is 0 Å². The molecule has 9 aromatic carbocycles. The van der Waals surface area contributed by atoms with Crippen LogP contribution in [0.25, 0.3) is 98.8 Å². The molecule has 0 bridgehead atoms. The van der Waals surface area contributed by atoms with Crippen molar-refractivity contribution in [2.75, 3.05) is 0 Å². The predicted octanol–water partition coefficient (Wildman–Crippen LogP) is 14.4. The van der Waals surface area contributed by atoms with Gasteiger partial charge in [-0.15, -0.1) is 0 Å². The third-order valence-corrected chi connectivity index (χ3v) is 11.1. The van der Waals surface area contributed by atoms with Crippen molar-refractivity contribution in [2.45, 2.75) is 19.3 Å². The smallest absolute Gasteiger partial charge is 0.143 e. The molecule has 1 aliphatic carbocycles. The van der Waals surface area contributed by atoms with Gasteiger partial charge in [-0.3, -0.25) is 0 Å². The average Bonchev–Trinajstić information content (AvgIpc) is 3.76. The van der Waals surface area contributed by atoms with E-state index < -0.39 is 29.6 Å². The fraction of sp³-hybridized carbons (Fsp3) is 0.0588. The first-order valence-corrected chi connectivity index (χ1v) is 17.5. The molecule has 0 atom stereocenters. The molecule has 0 aliphatic heterocycles. The zero-order chi connectivity index (χ0) is 41.5. The van der Waals surface area contributed by atoms with Crippen molar-refractivity contribution in [3.8, 4) is 44.5 Å². The molecule has 1 aliphatic rings. The van der Waals surface area contributed by atoms with E-state index in [0.29, 0.717) is 33.4 Å². The van der Waals surface area contributed by atoms with Gasteiger partial charge in [0.25, 0.3) is 0 Å². The largest absolute Gasteiger partial charge is 0.455 e. The molecule has 0 N–H and O–H groups in total. The normalized spacial score (nSPS) is 15.5. The fourth-order valence-corrected chi connectivity index (χ4v) is 8.57. The molecule has 52 heavy (non-hydrogen) atoms. The van der Waals surface area contributed by atoms with E-state index in [1.807, 2.05) is 91.0 Å². The molecule has 0 radical (unpaired) electrons. The van der Waals surface area contributed by atoms with Crippen molar-refractivity contribution < 1.29 is 15.4 Å². The molecule has 0 fully saturated rings. The van der Waals surface area contributed by atoms with Crippen LogP contribution in [0, 0.1) is 0 Å². The van der Waals surface area contributed by atoms with Gasteiger partial charge in [-0.2, -0.15) is 0 Å². The minimum Gasteiger partial charge on any atom is -0.455 e. The van der Waals surface area contributed by atoms with Crippen LogP contribution in [0.15, 0.2) is 174 Å². The first-order chi connectivity index (χ1) is 28.9. The van der Waals surface area contributed by atoms with Crippen LogP contribution in [0.4, 0.5) is 0 Å². The van der Waals surface area contributed by atoms with E-state index in [1.165, 1.54) is 0 Å². The lowest BCUT2D eigenvalue weighted by atomic mass is 9.80. The van der Waals surface area contributed by atoms with Gasteiger partial charge in [-0.1, -0.05) is 153 Å². The van der Waals surface area contributed by atoms with E-state index in [1.54, 1.807) is 0 Å². The van der Waals surface area contributed by atoms with Crippen molar-refractivity contribution in [3.05, 3.63) is 181 Å². The zero-order valence-corrected chi connectivity index (χ0v) is 28.5. The number of benzene rings is 9. The van der Waals surface area contributed by atoms with Crippen molar-refractivity contribution >= 4 is 54.3 Å². The molecule has 0 saturated heterocycles. The maximum Gasteiger partial charge on any atom is 0.143 e. The van der Waals surface area contributed by atoms with Crippen molar-refractivity contribution in [1.29, 1.82) is 0 Å². The molecule has 1 nitrogen and oxygen atoms in total. The summed E-state index contributed by atoms with van der Waals surface area (Å²) < 4.78 is 80.1. The quantitative estimate of drug-likeness (QED) is 0.171. The van der Waals surface area contributed by atoms with E-state index >= 15 is 0 Å². The van der Waals surface area contributed by atoms with Crippen LogP contribution in [0.1, 0.15) is 35.9 Å². The molecule has 1 aromatic heterocycles. The summed E-state index contributed by atoms with van der Waals surface area (Å²) in [6.45, 7) is 4.35. The Kier molecular flexibility index (Phi) is 4.64. The highest BCUT2D eigenvalue weighted by Crippen LogP contribution is 2.52. The van der Waals surface area contributed by atoms with Gasteiger partial charge in [-0.05, 0) is 113 Å². The van der Waals surface area contributed by atoms with Crippen LogP contribution in [0.3, 0.4) is 0 Å². The molecule has 244 valence electrons. The summed E-state index contributed by atoms with van der Waals surface area (Å²) in [4.78, 5) is 0. The lowest BCUT2D eigenvalue weighted by molar-refractivity contribution is 0.661. The Balaban J connectivity index is 1.24. The third kappa shape index (κ3) is 4.11. The van der Waals surface area contributed by atoms with Crippen LogP contribution in [-0.4, -0.2) is 0 Å². The Morgan fingerprint density at radius 1 is 0.442 bits per heavy atom. The minimum absolute atomic E-state index is 0.182. The molecule has 10 aromatic rings. The van der Waals surface area contributed by atoms with Gasteiger partial charge in [0.15, 0.2) is 0 Å². The second-order valence-corrected chi connectivity index (χ2v) is 14.2. The van der Waals surface area contributed by atoms with E-state index in [4.69, 9.17) is 9.90 Å². The summed E-state index contributed by atoms with van der Waals surface area (Å²) in [5.74, 6) is 0. The molecule has 1 heterocycles. The van der Waals surface area contributed by atoms with E-state index in [9.17, 15) is 5.48 Å². The lowest BCUT2D eigenvalue weighted by Gasteiger charge is -2.23. The van der Waals surface area contributed by atoms with Crippen LogP contribution < -0.4 is 0 Å². The number of furan rings is 1. The molecule has 1 heteroatoms. The van der Waals surface area contributed by atoms with Gasteiger partial charge in [0.2, 0.25) is 0 Å². The monoisotopic (exact) mass is 670 g/mol. The number of rotatable bonds is 3. The second kappa shape index (κ2) is 10.8. The van der Waals surface area contributed by atoms with E-state index in [0.717, 1.165) is 54.9 Å². The Bertz CT molecular complexity index is 3470. The average molecular weight is 671 g/mol. The topological polar surface area (TPSA) is 13.1 Å². The first-order valence-electron chi connectivity index (χ1n) is 21.5. The number of fused-ring (bicyclic) bond motifs is 10. The molecule has 11 rings (SSSR count).